The van der Waals surface area contributed by atoms with Crippen LogP contribution in [0.25, 0.3) is 0 Å². The third kappa shape index (κ3) is 5.13. The number of ether oxygens (including phenoxy) is 1. The van der Waals surface area contributed by atoms with E-state index in [4.69, 9.17) is 27.9 Å². The fourth-order valence-electron chi connectivity index (χ4n) is 3.16. The number of carbonyl (C=O) groups is 1. The van der Waals surface area contributed by atoms with E-state index < -0.39 is 0 Å². The average molecular weight is 378 g/mol. The molecule has 0 unspecified atom stereocenters. The minimum absolute atomic E-state index is 0.00387. The van der Waals surface area contributed by atoms with Gasteiger partial charge >= 0.3 is 0 Å². The van der Waals surface area contributed by atoms with Gasteiger partial charge in [0.1, 0.15) is 5.75 Å². The molecule has 132 valence electrons. The quantitative estimate of drug-likeness (QED) is 0.744. The maximum absolute atomic E-state index is 12.3. The lowest BCUT2D eigenvalue weighted by atomic mass is 9.90. The molecule has 1 aliphatic rings. The highest BCUT2D eigenvalue weighted by molar-refractivity contribution is 6.35. The van der Waals surface area contributed by atoms with Gasteiger partial charge in [-0.25, -0.2) is 0 Å². The topological polar surface area (TPSA) is 29.5 Å². The molecule has 1 saturated heterocycles. The van der Waals surface area contributed by atoms with E-state index in [2.05, 4.69) is 24.3 Å². The van der Waals surface area contributed by atoms with E-state index in [9.17, 15) is 4.79 Å². The standard InChI is InChI=1S/C20H21Cl2NO2/c21-17-6-7-19(18(22)13-17)25-14-20(24)23-10-8-16(9-11-23)12-15-4-2-1-3-5-15/h1-7,13,16H,8-12,14H2. The Morgan fingerprint density at radius 1 is 1.08 bits per heavy atom. The van der Waals surface area contributed by atoms with Crippen LogP contribution in [0.15, 0.2) is 48.5 Å². The summed E-state index contributed by atoms with van der Waals surface area (Å²) in [4.78, 5) is 14.2. The van der Waals surface area contributed by atoms with Crippen LogP contribution in [0.4, 0.5) is 0 Å². The van der Waals surface area contributed by atoms with Gasteiger partial charge in [0.25, 0.3) is 5.91 Å². The van der Waals surface area contributed by atoms with Crippen molar-refractivity contribution in [3.63, 3.8) is 0 Å². The van der Waals surface area contributed by atoms with E-state index in [0.29, 0.717) is 21.7 Å². The van der Waals surface area contributed by atoms with Gasteiger partial charge in [-0.3, -0.25) is 4.79 Å². The highest BCUT2D eigenvalue weighted by Gasteiger charge is 2.23. The van der Waals surface area contributed by atoms with Crippen molar-refractivity contribution in [1.29, 1.82) is 0 Å². The van der Waals surface area contributed by atoms with Crippen LogP contribution in [-0.4, -0.2) is 30.5 Å². The van der Waals surface area contributed by atoms with Gasteiger partial charge in [0.15, 0.2) is 6.61 Å². The summed E-state index contributed by atoms with van der Waals surface area (Å²) in [6, 6.07) is 15.5. The van der Waals surface area contributed by atoms with E-state index in [0.717, 1.165) is 32.4 Å². The van der Waals surface area contributed by atoms with Crippen molar-refractivity contribution in [2.75, 3.05) is 19.7 Å². The molecule has 3 rings (SSSR count). The van der Waals surface area contributed by atoms with Gasteiger partial charge in [0.05, 0.1) is 5.02 Å². The van der Waals surface area contributed by atoms with Crippen molar-refractivity contribution >= 4 is 29.1 Å². The zero-order valence-electron chi connectivity index (χ0n) is 14.0. The zero-order chi connectivity index (χ0) is 17.6. The molecule has 3 nitrogen and oxygen atoms in total. The molecule has 0 atom stereocenters. The Hall–Kier alpha value is -1.71. The molecular weight excluding hydrogens is 357 g/mol. The molecule has 0 radical (unpaired) electrons. The summed E-state index contributed by atoms with van der Waals surface area (Å²) in [6.07, 6.45) is 3.14. The normalized spacial score (nSPS) is 15.2. The van der Waals surface area contributed by atoms with Crippen LogP contribution in [0.3, 0.4) is 0 Å². The molecule has 0 bridgehead atoms. The van der Waals surface area contributed by atoms with E-state index >= 15 is 0 Å². The number of amides is 1. The lowest BCUT2D eigenvalue weighted by Crippen LogP contribution is -2.41. The summed E-state index contributed by atoms with van der Waals surface area (Å²) in [5, 5.41) is 0.964. The molecule has 5 heteroatoms. The Labute approximate surface area is 158 Å². The number of carbonyl (C=O) groups excluding carboxylic acids is 1. The summed E-state index contributed by atoms with van der Waals surface area (Å²) < 4.78 is 5.55. The molecule has 2 aromatic rings. The predicted octanol–water partition coefficient (Wildman–Crippen LogP) is 4.85. The summed E-state index contributed by atoms with van der Waals surface area (Å²) in [5.41, 5.74) is 1.37. The smallest absolute Gasteiger partial charge is 0.260 e. The van der Waals surface area contributed by atoms with Gasteiger partial charge in [0, 0.05) is 18.1 Å². The van der Waals surface area contributed by atoms with Gasteiger partial charge in [0.2, 0.25) is 0 Å². The minimum atomic E-state index is 0.00387. The Kier molecular flexibility index (Phi) is 6.22. The fourth-order valence-corrected chi connectivity index (χ4v) is 3.62. The number of halogens is 2. The van der Waals surface area contributed by atoms with Crippen molar-refractivity contribution in [3.8, 4) is 5.75 Å². The lowest BCUT2D eigenvalue weighted by molar-refractivity contribution is -0.134. The molecule has 2 aromatic carbocycles. The summed E-state index contributed by atoms with van der Waals surface area (Å²) in [5.74, 6) is 1.13. The van der Waals surface area contributed by atoms with E-state index in [1.54, 1.807) is 18.2 Å². The van der Waals surface area contributed by atoms with Crippen molar-refractivity contribution in [3.05, 3.63) is 64.1 Å². The molecular formula is C20H21Cl2NO2. The lowest BCUT2D eigenvalue weighted by Gasteiger charge is -2.32. The van der Waals surface area contributed by atoms with Gasteiger partial charge in [-0.1, -0.05) is 53.5 Å². The zero-order valence-corrected chi connectivity index (χ0v) is 15.5. The Morgan fingerprint density at radius 2 is 1.80 bits per heavy atom. The largest absolute Gasteiger partial charge is 0.482 e. The van der Waals surface area contributed by atoms with Crippen LogP contribution >= 0.6 is 23.2 Å². The van der Waals surface area contributed by atoms with E-state index in [1.165, 1.54) is 5.56 Å². The van der Waals surface area contributed by atoms with Crippen LogP contribution in [0.1, 0.15) is 18.4 Å². The monoisotopic (exact) mass is 377 g/mol. The molecule has 0 aliphatic carbocycles. The Morgan fingerprint density at radius 3 is 2.48 bits per heavy atom. The first-order valence-corrected chi connectivity index (χ1v) is 9.27. The van der Waals surface area contributed by atoms with Crippen LogP contribution in [0.2, 0.25) is 10.0 Å². The molecule has 1 amide bonds. The molecule has 1 fully saturated rings. The number of piperidine rings is 1. The minimum Gasteiger partial charge on any atom is -0.482 e. The molecule has 0 aromatic heterocycles. The molecule has 25 heavy (non-hydrogen) atoms. The number of hydrogen-bond acceptors (Lipinski definition) is 2. The molecule has 0 saturated carbocycles. The Bertz CT molecular complexity index is 713. The number of rotatable bonds is 5. The highest BCUT2D eigenvalue weighted by atomic mass is 35.5. The maximum Gasteiger partial charge on any atom is 0.260 e. The molecule has 1 heterocycles. The molecule has 1 aliphatic heterocycles. The average Bonchev–Trinajstić information content (AvgIpc) is 2.62. The second-order valence-corrected chi connectivity index (χ2v) is 7.22. The summed E-state index contributed by atoms with van der Waals surface area (Å²) in [6.45, 7) is 1.58. The van der Waals surface area contributed by atoms with Crippen LogP contribution in [0, 0.1) is 5.92 Å². The van der Waals surface area contributed by atoms with Gasteiger partial charge < -0.3 is 9.64 Å². The SMILES string of the molecule is O=C(COc1ccc(Cl)cc1Cl)N1CCC(Cc2ccccc2)CC1. The number of nitrogens with zero attached hydrogens (tertiary/aromatic N) is 1. The second-order valence-electron chi connectivity index (χ2n) is 6.38. The molecule has 0 spiro atoms. The Balaban J connectivity index is 1.45. The first kappa shape index (κ1) is 18.1. The first-order chi connectivity index (χ1) is 12.1. The third-order valence-electron chi connectivity index (χ3n) is 4.58. The number of hydrogen-bond donors (Lipinski definition) is 0. The third-order valence-corrected chi connectivity index (χ3v) is 5.11. The number of likely N-dealkylation sites (tertiary alicyclic amines) is 1. The number of benzene rings is 2. The van der Waals surface area contributed by atoms with Crippen molar-refractivity contribution < 1.29 is 9.53 Å². The van der Waals surface area contributed by atoms with E-state index in [-0.39, 0.29) is 12.5 Å². The van der Waals surface area contributed by atoms with Crippen LogP contribution < -0.4 is 4.74 Å². The molecule has 0 N–H and O–H groups in total. The van der Waals surface area contributed by atoms with Crippen molar-refractivity contribution in [2.45, 2.75) is 19.3 Å². The van der Waals surface area contributed by atoms with Gasteiger partial charge in [-0.05, 0) is 48.9 Å². The van der Waals surface area contributed by atoms with Crippen LogP contribution in [-0.2, 0) is 11.2 Å². The second kappa shape index (κ2) is 8.59. The first-order valence-electron chi connectivity index (χ1n) is 8.51. The van der Waals surface area contributed by atoms with Crippen molar-refractivity contribution in [1.82, 2.24) is 4.90 Å². The highest BCUT2D eigenvalue weighted by Crippen LogP contribution is 2.27. The predicted molar refractivity (Wildman–Crippen MR) is 101 cm³/mol. The van der Waals surface area contributed by atoms with Crippen LogP contribution in [0.5, 0.6) is 5.75 Å². The van der Waals surface area contributed by atoms with Crippen molar-refractivity contribution in [2.24, 2.45) is 5.92 Å². The van der Waals surface area contributed by atoms with Gasteiger partial charge in [-0.15, -0.1) is 0 Å². The summed E-state index contributed by atoms with van der Waals surface area (Å²) in [7, 11) is 0. The van der Waals surface area contributed by atoms with E-state index in [1.807, 2.05) is 11.0 Å². The maximum atomic E-state index is 12.3. The fraction of sp³-hybridized carbons (Fsp3) is 0.350. The van der Waals surface area contributed by atoms with Gasteiger partial charge in [-0.2, -0.15) is 0 Å². The summed E-state index contributed by atoms with van der Waals surface area (Å²) >= 11 is 11.9.